The van der Waals surface area contributed by atoms with Gasteiger partial charge in [-0.2, -0.15) is 0 Å². The fourth-order valence-electron chi connectivity index (χ4n) is 2.01. The van der Waals surface area contributed by atoms with Crippen LogP contribution in [0.1, 0.15) is 24.2 Å². The van der Waals surface area contributed by atoms with Gasteiger partial charge in [0, 0.05) is 28.0 Å². The van der Waals surface area contributed by atoms with Crippen molar-refractivity contribution in [3.05, 3.63) is 59.1 Å². The monoisotopic (exact) mass is 345 g/mol. The molecule has 3 N–H and O–H groups in total. The summed E-state index contributed by atoms with van der Waals surface area (Å²) >= 11 is 5.80. The first-order chi connectivity index (χ1) is 11.4. The van der Waals surface area contributed by atoms with Crippen LogP contribution in [0.3, 0.4) is 0 Å². The molecule has 0 unspecified atom stereocenters. The summed E-state index contributed by atoms with van der Waals surface area (Å²) in [6, 6.07) is 14.0. The van der Waals surface area contributed by atoms with Crippen molar-refractivity contribution in [2.75, 3.05) is 17.2 Å². The number of benzene rings is 2. The third-order valence-electron chi connectivity index (χ3n) is 3.15. The fourth-order valence-corrected chi connectivity index (χ4v) is 2.13. The van der Waals surface area contributed by atoms with E-state index in [0.717, 1.165) is 5.69 Å². The minimum atomic E-state index is -0.168. The number of hydrogen-bond acceptors (Lipinski definition) is 3. The highest BCUT2D eigenvalue weighted by molar-refractivity contribution is 6.30. The van der Waals surface area contributed by atoms with Gasteiger partial charge in [-0.05, 0) is 62.4 Å². The second-order valence-electron chi connectivity index (χ2n) is 5.61. The molecule has 0 fully saturated rings. The molecule has 0 radical (unpaired) electrons. The van der Waals surface area contributed by atoms with E-state index in [9.17, 15) is 9.59 Å². The zero-order valence-corrected chi connectivity index (χ0v) is 14.4. The Morgan fingerprint density at radius 2 is 1.54 bits per heavy atom. The summed E-state index contributed by atoms with van der Waals surface area (Å²) in [7, 11) is 0. The van der Waals surface area contributed by atoms with E-state index >= 15 is 0 Å². The standard InChI is InChI=1S/C18H20ClN3O2/c1-12(2)21-18(24)13-3-7-15(8-4-13)20-11-17(23)22-16-9-5-14(19)6-10-16/h3-10,12,20H,11H2,1-2H3,(H,21,24)(H,22,23). The zero-order valence-electron chi connectivity index (χ0n) is 13.6. The van der Waals surface area contributed by atoms with Crippen LogP contribution in [0.5, 0.6) is 0 Å². The van der Waals surface area contributed by atoms with Gasteiger partial charge in [0.05, 0.1) is 6.54 Å². The van der Waals surface area contributed by atoms with Gasteiger partial charge in [0.25, 0.3) is 5.91 Å². The molecular weight excluding hydrogens is 326 g/mol. The highest BCUT2D eigenvalue weighted by atomic mass is 35.5. The molecule has 0 aliphatic carbocycles. The molecular formula is C18H20ClN3O2. The minimum Gasteiger partial charge on any atom is -0.376 e. The molecule has 24 heavy (non-hydrogen) atoms. The number of anilines is 2. The zero-order chi connectivity index (χ0) is 17.5. The van der Waals surface area contributed by atoms with E-state index in [0.29, 0.717) is 16.3 Å². The van der Waals surface area contributed by atoms with E-state index in [2.05, 4.69) is 16.0 Å². The summed E-state index contributed by atoms with van der Waals surface area (Å²) in [5, 5.41) is 9.22. The van der Waals surface area contributed by atoms with Gasteiger partial charge in [0.1, 0.15) is 0 Å². The lowest BCUT2D eigenvalue weighted by molar-refractivity contribution is -0.114. The second-order valence-corrected chi connectivity index (χ2v) is 6.05. The van der Waals surface area contributed by atoms with E-state index in [1.54, 1.807) is 48.5 Å². The average Bonchev–Trinajstić information content (AvgIpc) is 2.55. The van der Waals surface area contributed by atoms with Crippen LogP contribution in [0.25, 0.3) is 0 Å². The van der Waals surface area contributed by atoms with Crippen LogP contribution in [0.4, 0.5) is 11.4 Å². The predicted molar refractivity (Wildman–Crippen MR) is 97.6 cm³/mol. The lowest BCUT2D eigenvalue weighted by Gasteiger charge is -2.10. The first-order valence-corrected chi connectivity index (χ1v) is 8.02. The van der Waals surface area contributed by atoms with Crippen molar-refractivity contribution >= 4 is 34.8 Å². The van der Waals surface area contributed by atoms with E-state index < -0.39 is 0 Å². The predicted octanol–water partition coefficient (Wildman–Crippen LogP) is 3.53. The molecule has 2 rings (SSSR count). The molecule has 5 nitrogen and oxygen atoms in total. The van der Waals surface area contributed by atoms with Crippen molar-refractivity contribution in [1.82, 2.24) is 5.32 Å². The quantitative estimate of drug-likeness (QED) is 0.750. The second kappa shape index (κ2) is 8.36. The van der Waals surface area contributed by atoms with Crippen LogP contribution >= 0.6 is 11.6 Å². The van der Waals surface area contributed by atoms with Crippen molar-refractivity contribution in [2.45, 2.75) is 19.9 Å². The van der Waals surface area contributed by atoms with Gasteiger partial charge in [0.2, 0.25) is 5.91 Å². The summed E-state index contributed by atoms with van der Waals surface area (Å²) in [4.78, 5) is 23.8. The number of carbonyl (C=O) groups excluding carboxylic acids is 2. The van der Waals surface area contributed by atoms with Crippen molar-refractivity contribution in [3.63, 3.8) is 0 Å². The molecule has 0 saturated carbocycles. The molecule has 0 aliphatic rings. The van der Waals surface area contributed by atoms with E-state index in [4.69, 9.17) is 11.6 Å². The Labute approximate surface area is 146 Å². The molecule has 6 heteroatoms. The minimum absolute atomic E-state index is 0.0897. The largest absolute Gasteiger partial charge is 0.376 e. The molecule has 2 aromatic rings. The van der Waals surface area contributed by atoms with Crippen molar-refractivity contribution in [3.8, 4) is 0 Å². The topological polar surface area (TPSA) is 70.2 Å². The number of nitrogens with one attached hydrogen (secondary N) is 3. The molecule has 2 amide bonds. The van der Waals surface area contributed by atoms with E-state index in [-0.39, 0.29) is 24.4 Å². The number of amides is 2. The first-order valence-electron chi connectivity index (χ1n) is 7.64. The Hall–Kier alpha value is -2.53. The van der Waals surface area contributed by atoms with Gasteiger partial charge >= 0.3 is 0 Å². The smallest absolute Gasteiger partial charge is 0.251 e. The van der Waals surface area contributed by atoms with Crippen LogP contribution in [-0.2, 0) is 4.79 Å². The lowest BCUT2D eigenvalue weighted by Crippen LogP contribution is -2.30. The highest BCUT2D eigenvalue weighted by Crippen LogP contribution is 2.13. The molecule has 126 valence electrons. The van der Waals surface area contributed by atoms with Crippen LogP contribution in [-0.4, -0.2) is 24.4 Å². The van der Waals surface area contributed by atoms with Crippen LogP contribution in [0, 0.1) is 0 Å². The summed E-state index contributed by atoms with van der Waals surface area (Å²) in [5.74, 6) is -0.281. The first kappa shape index (κ1) is 17.8. The van der Waals surface area contributed by atoms with E-state index in [1.165, 1.54) is 0 Å². The molecule has 0 aromatic heterocycles. The van der Waals surface area contributed by atoms with Gasteiger partial charge in [-0.3, -0.25) is 9.59 Å². The third kappa shape index (κ3) is 5.59. The van der Waals surface area contributed by atoms with Crippen LogP contribution < -0.4 is 16.0 Å². The summed E-state index contributed by atoms with van der Waals surface area (Å²) in [5.41, 5.74) is 2.04. The van der Waals surface area contributed by atoms with Gasteiger partial charge < -0.3 is 16.0 Å². The Bertz CT molecular complexity index is 697. The molecule has 0 spiro atoms. The van der Waals surface area contributed by atoms with Crippen LogP contribution in [0.15, 0.2) is 48.5 Å². The number of hydrogen-bond donors (Lipinski definition) is 3. The Morgan fingerprint density at radius 1 is 0.958 bits per heavy atom. The SMILES string of the molecule is CC(C)NC(=O)c1ccc(NCC(=O)Nc2ccc(Cl)cc2)cc1. The third-order valence-corrected chi connectivity index (χ3v) is 3.40. The molecule has 0 saturated heterocycles. The molecule has 0 bridgehead atoms. The number of halogens is 1. The van der Waals surface area contributed by atoms with Crippen molar-refractivity contribution < 1.29 is 9.59 Å². The lowest BCUT2D eigenvalue weighted by atomic mass is 10.2. The van der Waals surface area contributed by atoms with Gasteiger partial charge in [-0.25, -0.2) is 0 Å². The maximum Gasteiger partial charge on any atom is 0.251 e. The Balaban J connectivity index is 1.84. The molecule has 0 atom stereocenters. The maximum absolute atomic E-state index is 11.9. The summed E-state index contributed by atoms with van der Waals surface area (Å²) in [6.07, 6.45) is 0. The van der Waals surface area contributed by atoms with Crippen LogP contribution in [0.2, 0.25) is 5.02 Å². The Kier molecular flexibility index (Phi) is 6.21. The summed E-state index contributed by atoms with van der Waals surface area (Å²) < 4.78 is 0. The molecule has 0 aliphatic heterocycles. The molecule has 0 heterocycles. The number of rotatable bonds is 6. The fraction of sp³-hybridized carbons (Fsp3) is 0.222. The van der Waals surface area contributed by atoms with E-state index in [1.807, 2.05) is 13.8 Å². The highest BCUT2D eigenvalue weighted by Gasteiger charge is 2.07. The van der Waals surface area contributed by atoms with Crippen molar-refractivity contribution in [2.24, 2.45) is 0 Å². The van der Waals surface area contributed by atoms with Gasteiger partial charge in [0.15, 0.2) is 0 Å². The average molecular weight is 346 g/mol. The maximum atomic E-state index is 11.9. The van der Waals surface area contributed by atoms with Gasteiger partial charge in [-0.1, -0.05) is 11.6 Å². The normalized spacial score (nSPS) is 10.3. The molecule has 2 aromatic carbocycles. The Morgan fingerprint density at radius 3 is 2.12 bits per heavy atom. The van der Waals surface area contributed by atoms with Gasteiger partial charge in [-0.15, -0.1) is 0 Å². The number of carbonyl (C=O) groups is 2. The van der Waals surface area contributed by atoms with Crippen molar-refractivity contribution in [1.29, 1.82) is 0 Å². The summed E-state index contributed by atoms with van der Waals surface area (Å²) in [6.45, 7) is 3.94.